The smallest absolute Gasteiger partial charge is 0.246 e. The van der Waals surface area contributed by atoms with Gasteiger partial charge in [-0.15, -0.1) is 0 Å². The van der Waals surface area contributed by atoms with Crippen molar-refractivity contribution in [2.24, 2.45) is 0 Å². The molecular weight excluding hydrogens is 436 g/mol. The maximum absolute atomic E-state index is 12.9. The second-order valence-corrected chi connectivity index (χ2v) is 9.06. The first kappa shape index (κ1) is 26.6. The molecule has 1 heterocycles. The fraction of sp³-hybridized carbons (Fsp3) is 0.448. The zero-order valence-electron chi connectivity index (χ0n) is 20.8. The first-order valence-corrected chi connectivity index (χ1v) is 13.0. The van der Waals surface area contributed by atoms with Crippen LogP contribution in [-0.4, -0.2) is 56.0 Å². The molecule has 6 heteroatoms. The highest BCUT2D eigenvalue weighted by atomic mass is 16.2. The van der Waals surface area contributed by atoms with Crippen molar-refractivity contribution in [2.75, 3.05) is 39.3 Å². The molecule has 0 radical (unpaired) electrons. The number of hydrogen-bond acceptors (Lipinski definition) is 4. The molecule has 3 N–H and O–H groups in total. The first-order valence-electron chi connectivity index (χ1n) is 13.0. The van der Waals surface area contributed by atoms with Gasteiger partial charge in [0.25, 0.3) is 0 Å². The van der Waals surface area contributed by atoms with Crippen molar-refractivity contribution in [1.29, 1.82) is 0 Å². The van der Waals surface area contributed by atoms with Gasteiger partial charge >= 0.3 is 0 Å². The Bertz CT molecular complexity index is 901. The van der Waals surface area contributed by atoms with Crippen LogP contribution in [0.25, 0.3) is 6.08 Å². The highest BCUT2D eigenvalue weighted by Gasteiger charge is 2.16. The fourth-order valence-electron chi connectivity index (χ4n) is 4.26. The van der Waals surface area contributed by atoms with Gasteiger partial charge in [-0.3, -0.25) is 9.59 Å². The van der Waals surface area contributed by atoms with Crippen molar-refractivity contribution in [3.8, 4) is 0 Å². The van der Waals surface area contributed by atoms with E-state index in [9.17, 15) is 9.59 Å². The molecule has 1 fully saturated rings. The highest BCUT2D eigenvalue weighted by molar-refractivity contribution is 5.91. The van der Waals surface area contributed by atoms with E-state index in [1.165, 1.54) is 0 Å². The Hall–Kier alpha value is -2.96. The molecule has 1 aliphatic rings. The Balaban J connectivity index is 1.57. The van der Waals surface area contributed by atoms with E-state index in [2.05, 4.69) is 28.1 Å². The van der Waals surface area contributed by atoms with Gasteiger partial charge in [0.05, 0.1) is 0 Å². The largest absolute Gasteiger partial charge is 0.356 e. The first-order chi connectivity index (χ1) is 17.2. The number of carbonyl (C=O) groups is 2. The average molecular weight is 477 g/mol. The van der Waals surface area contributed by atoms with Crippen LogP contribution in [0.15, 0.2) is 66.7 Å². The van der Waals surface area contributed by atoms with Crippen LogP contribution >= 0.6 is 0 Å². The molecule has 0 aromatic heterocycles. The van der Waals surface area contributed by atoms with E-state index in [1.807, 2.05) is 59.5 Å². The van der Waals surface area contributed by atoms with Crippen LogP contribution in [0.3, 0.4) is 0 Å². The van der Waals surface area contributed by atoms with E-state index >= 15 is 0 Å². The molecule has 2 aromatic rings. The molecule has 0 bridgehead atoms. The van der Waals surface area contributed by atoms with Gasteiger partial charge in [0.2, 0.25) is 11.8 Å². The Morgan fingerprint density at radius 1 is 0.800 bits per heavy atom. The summed E-state index contributed by atoms with van der Waals surface area (Å²) < 4.78 is 0. The van der Waals surface area contributed by atoms with Gasteiger partial charge in [-0.1, -0.05) is 67.1 Å². The topological polar surface area (TPSA) is 73.5 Å². The Kier molecular flexibility index (Phi) is 12.1. The number of carbonyl (C=O) groups excluding carboxylic acids is 2. The quantitative estimate of drug-likeness (QED) is 0.587. The zero-order chi connectivity index (χ0) is 24.6. The second-order valence-electron chi connectivity index (χ2n) is 9.06. The minimum absolute atomic E-state index is 0.00344. The van der Waals surface area contributed by atoms with Crippen LogP contribution in [0.1, 0.15) is 55.7 Å². The van der Waals surface area contributed by atoms with Crippen LogP contribution in [-0.2, 0) is 9.59 Å². The molecule has 3 rings (SSSR count). The number of nitrogens with zero attached hydrogens (tertiary/aromatic N) is 1. The summed E-state index contributed by atoms with van der Waals surface area (Å²) in [6.07, 6.45) is 8.87. The van der Waals surface area contributed by atoms with Gasteiger partial charge in [0.1, 0.15) is 0 Å². The third kappa shape index (κ3) is 10.5. The summed E-state index contributed by atoms with van der Waals surface area (Å²) in [6, 6.07) is 20.0. The summed E-state index contributed by atoms with van der Waals surface area (Å²) in [7, 11) is 0. The van der Waals surface area contributed by atoms with Crippen molar-refractivity contribution >= 4 is 17.9 Å². The third-order valence-electron chi connectivity index (χ3n) is 6.25. The molecule has 0 unspecified atom stereocenters. The second kappa shape index (κ2) is 15.8. The zero-order valence-corrected chi connectivity index (χ0v) is 20.8. The number of nitrogens with one attached hydrogen (secondary N) is 3. The Morgan fingerprint density at radius 3 is 2.31 bits per heavy atom. The molecule has 0 aliphatic carbocycles. The maximum atomic E-state index is 12.9. The van der Waals surface area contributed by atoms with Crippen LogP contribution in [0.5, 0.6) is 0 Å². The van der Waals surface area contributed by atoms with Gasteiger partial charge in [-0.25, -0.2) is 0 Å². The van der Waals surface area contributed by atoms with E-state index in [0.717, 1.165) is 69.4 Å². The van der Waals surface area contributed by atoms with Crippen LogP contribution in [0.4, 0.5) is 0 Å². The molecule has 35 heavy (non-hydrogen) atoms. The molecular formula is C29H40N4O2. The number of hydrogen-bond donors (Lipinski definition) is 3. The minimum Gasteiger partial charge on any atom is -0.356 e. The van der Waals surface area contributed by atoms with Crippen molar-refractivity contribution in [3.05, 3.63) is 77.9 Å². The summed E-state index contributed by atoms with van der Waals surface area (Å²) in [4.78, 5) is 27.5. The molecule has 2 aromatic carbocycles. The van der Waals surface area contributed by atoms with Gasteiger partial charge in [0.15, 0.2) is 0 Å². The fourth-order valence-corrected chi connectivity index (χ4v) is 4.26. The molecule has 0 saturated carbocycles. The van der Waals surface area contributed by atoms with Crippen molar-refractivity contribution in [3.63, 3.8) is 0 Å². The lowest BCUT2D eigenvalue weighted by Gasteiger charge is -2.22. The van der Waals surface area contributed by atoms with Gasteiger partial charge < -0.3 is 20.9 Å². The van der Waals surface area contributed by atoms with Gasteiger partial charge in [0, 0.05) is 38.2 Å². The van der Waals surface area contributed by atoms with E-state index in [4.69, 9.17) is 0 Å². The molecule has 1 aliphatic heterocycles. The van der Waals surface area contributed by atoms with Gasteiger partial charge in [-0.2, -0.15) is 0 Å². The third-order valence-corrected chi connectivity index (χ3v) is 6.25. The normalized spacial score (nSPS) is 20.1. The van der Waals surface area contributed by atoms with Crippen molar-refractivity contribution < 1.29 is 9.59 Å². The summed E-state index contributed by atoms with van der Waals surface area (Å²) in [5, 5.41) is 10.1. The average Bonchev–Trinajstić information content (AvgIpc) is 2.89. The van der Waals surface area contributed by atoms with E-state index in [0.29, 0.717) is 19.5 Å². The highest BCUT2D eigenvalue weighted by Crippen LogP contribution is 2.16. The lowest BCUT2D eigenvalue weighted by molar-refractivity contribution is -0.126. The summed E-state index contributed by atoms with van der Waals surface area (Å²) in [5.74, 6) is 0.0634. The standard InChI is InChI=1S/C29H40N4O2/c34-28-24-27(26-14-6-2-7-15-26)31-20-10-19-30-18-8-3-9-22-33(23-11-21-32-28)29(35)17-16-25-12-4-1-5-13-25/h1-2,4-7,12-17,27,30-31H,3,8-11,18-24H2,(H,32,34)/b17-16+/t27-/m0/s1. The molecule has 1 saturated heterocycles. The van der Waals surface area contributed by atoms with Crippen molar-refractivity contribution in [2.45, 2.75) is 44.6 Å². The summed E-state index contributed by atoms with van der Waals surface area (Å²) in [6.45, 7) is 4.76. The predicted octanol–water partition coefficient (Wildman–Crippen LogP) is 3.92. The van der Waals surface area contributed by atoms with Crippen molar-refractivity contribution in [1.82, 2.24) is 20.9 Å². The lowest BCUT2D eigenvalue weighted by atomic mass is 10.0. The van der Waals surface area contributed by atoms with Crippen LogP contribution < -0.4 is 16.0 Å². The van der Waals surface area contributed by atoms with E-state index in [1.54, 1.807) is 6.08 Å². The van der Waals surface area contributed by atoms with E-state index < -0.39 is 0 Å². The molecule has 1 atom stereocenters. The SMILES string of the molecule is O=C1C[C@@H](c2ccccc2)NCCCNCCCCCN(C(=O)/C=C/c2ccccc2)CCCN1. The number of rotatable bonds is 3. The summed E-state index contributed by atoms with van der Waals surface area (Å²) >= 11 is 0. The Labute approximate surface area is 210 Å². The maximum Gasteiger partial charge on any atom is 0.246 e. The van der Waals surface area contributed by atoms with Crippen LogP contribution in [0, 0.1) is 0 Å². The monoisotopic (exact) mass is 476 g/mol. The molecule has 0 spiro atoms. The van der Waals surface area contributed by atoms with E-state index in [-0.39, 0.29) is 17.9 Å². The minimum atomic E-state index is -0.00344. The molecule has 6 nitrogen and oxygen atoms in total. The molecule has 2 amide bonds. The predicted molar refractivity (Wildman–Crippen MR) is 143 cm³/mol. The number of amides is 2. The summed E-state index contributed by atoms with van der Waals surface area (Å²) in [5.41, 5.74) is 2.15. The van der Waals surface area contributed by atoms with Gasteiger partial charge in [-0.05, 0) is 62.5 Å². The lowest BCUT2D eigenvalue weighted by Crippen LogP contribution is -2.35. The molecule has 188 valence electrons. The van der Waals surface area contributed by atoms with Crippen LogP contribution in [0.2, 0.25) is 0 Å². The number of benzene rings is 2. The Morgan fingerprint density at radius 2 is 1.51 bits per heavy atom.